The second-order valence-corrected chi connectivity index (χ2v) is 5.09. The molecule has 5 nitrogen and oxygen atoms in total. The SMILES string of the molecule is CCNCc1cc(CN(CC)CCCN(C)C)on1. The molecular weight excluding hydrogens is 240 g/mol. The second kappa shape index (κ2) is 9.07. The number of rotatable bonds is 10. The highest BCUT2D eigenvalue weighted by atomic mass is 16.5. The van der Waals surface area contributed by atoms with Crippen molar-refractivity contribution in [3.8, 4) is 0 Å². The first-order valence-corrected chi connectivity index (χ1v) is 7.18. The van der Waals surface area contributed by atoms with E-state index in [0.29, 0.717) is 0 Å². The number of nitrogens with zero attached hydrogens (tertiary/aromatic N) is 3. The standard InChI is InChI=1S/C14H28N4O/c1-5-15-11-13-10-14(19-16-13)12-18(6-2)9-7-8-17(3)4/h10,15H,5-9,11-12H2,1-4H3. The molecule has 0 aliphatic heterocycles. The van der Waals surface area contributed by atoms with Crippen LogP contribution in [0.25, 0.3) is 0 Å². The normalized spacial score (nSPS) is 11.7. The summed E-state index contributed by atoms with van der Waals surface area (Å²) >= 11 is 0. The van der Waals surface area contributed by atoms with E-state index in [4.69, 9.17) is 4.52 Å². The van der Waals surface area contributed by atoms with Crippen molar-refractivity contribution in [2.24, 2.45) is 0 Å². The molecule has 1 aromatic heterocycles. The number of nitrogens with one attached hydrogen (secondary N) is 1. The van der Waals surface area contributed by atoms with Crippen LogP contribution in [-0.4, -0.2) is 55.2 Å². The van der Waals surface area contributed by atoms with E-state index in [1.165, 1.54) is 6.42 Å². The summed E-state index contributed by atoms with van der Waals surface area (Å²) < 4.78 is 5.38. The Hall–Kier alpha value is -0.910. The first-order valence-electron chi connectivity index (χ1n) is 7.18. The van der Waals surface area contributed by atoms with Gasteiger partial charge in [0.1, 0.15) is 0 Å². The van der Waals surface area contributed by atoms with Gasteiger partial charge in [-0.15, -0.1) is 0 Å². The molecule has 1 aromatic rings. The largest absolute Gasteiger partial charge is 0.360 e. The van der Waals surface area contributed by atoms with Crippen LogP contribution in [0.3, 0.4) is 0 Å². The van der Waals surface area contributed by atoms with Crippen LogP contribution in [0.5, 0.6) is 0 Å². The van der Waals surface area contributed by atoms with Crippen molar-refractivity contribution in [3.63, 3.8) is 0 Å². The summed E-state index contributed by atoms with van der Waals surface area (Å²) in [5, 5.41) is 7.33. The third-order valence-electron chi connectivity index (χ3n) is 3.07. The molecule has 0 amide bonds. The Balaban J connectivity index is 2.35. The van der Waals surface area contributed by atoms with Crippen LogP contribution in [0.1, 0.15) is 31.7 Å². The van der Waals surface area contributed by atoms with Crippen molar-refractivity contribution in [2.45, 2.75) is 33.4 Å². The van der Waals surface area contributed by atoms with Crippen LogP contribution >= 0.6 is 0 Å². The molecule has 1 heterocycles. The first kappa shape index (κ1) is 16.1. The monoisotopic (exact) mass is 268 g/mol. The molecule has 0 fully saturated rings. The molecule has 5 heteroatoms. The maximum atomic E-state index is 5.38. The Morgan fingerprint density at radius 1 is 1.26 bits per heavy atom. The van der Waals surface area contributed by atoms with E-state index in [1.807, 2.05) is 0 Å². The van der Waals surface area contributed by atoms with Gasteiger partial charge in [0.25, 0.3) is 0 Å². The molecule has 0 unspecified atom stereocenters. The Labute approximate surface area is 116 Å². The van der Waals surface area contributed by atoms with Crippen LogP contribution in [0.15, 0.2) is 10.6 Å². The number of aromatic nitrogens is 1. The molecular formula is C14H28N4O. The van der Waals surface area contributed by atoms with Gasteiger partial charge >= 0.3 is 0 Å². The molecule has 1 N–H and O–H groups in total. The van der Waals surface area contributed by atoms with E-state index in [1.54, 1.807) is 0 Å². The van der Waals surface area contributed by atoms with Gasteiger partial charge in [0.15, 0.2) is 5.76 Å². The van der Waals surface area contributed by atoms with Crippen molar-refractivity contribution < 1.29 is 4.52 Å². The van der Waals surface area contributed by atoms with Crippen molar-refractivity contribution >= 4 is 0 Å². The van der Waals surface area contributed by atoms with Gasteiger partial charge < -0.3 is 14.7 Å². The second-order valence-electron chi connectivity index (χ2n) is 5.09. The molecule has 1 rings (SSSR count). The fourth-order valence-electron chi connectivity index (χ4n) is 1.95. The third kappa shape index (κ3) is 6.71. The van der Waals surface area contributed by atoms with Gasteiger partial charge in [-0.2, -0.15) is 0 Å². The average molecular weight is 268 g/mol. The minimum Gasteiger partial charge on any atom is -0.360 e. The molecule has 0 atom stereocenters. The van der Waals surface area contributed by atoms with Gasteiger partial charge in [-0.1, -0.05) is 19.0 Å². The Morgan fingerprint density at radius 2 is 2.05 bits per heavy atom. The summed E-state index contributed by atoms with van der Waals surface area (Å²) in [6, 6.07) is 2.05. The Bertz CT molecular complexity index is 338. The Morgan fingerprint density at radius 3 is 2.68 bits per heavy atom. The van der Waals surface area contributed by atoms with E-state index in [9.17, 15) is 0 Å². The first-order chi connectivity index (χ1) is 9.15. The zero-order valence-corrected chi connectivity index (χ0v) is 12.8. The van der Waals surface area contributed by atoms with E-state index < -0.39 is 0 Å². The highest BCUT2D eigenvalue weighted by molar-refractivity contribution is 5.05. The summed E-state index contributed by atoms with van der Waals surface area (Å²) in [6.45, 7) is 10.1. The molecule has 0 radical (unpaired) electrons. The molecule has 0 aromatic carbocycles. The van der Waals surface area contributed by atoms with Gasteiger partial charge in [0.05, 0.1) is 12.2 Å². The predicted octanol–water partition coefficient (Wildman–Crippen LogP) is 1.56. The summed E-state index contributed by atoms with van der Waals surface area (Å²) in [6.07, 6.45) is 1.18. The predicted molar refractivity (Wildman–Crippen MR) is 78.0 cm³/mol. The smallest absolute Gasteiger partial charge is 0.151 e. The van der Waals surface area contributed by atoms with Gasteiger partial charge in [-0.25, -0.2) is 0 Å². The van der Waals surface area contributed by atoms with Crippen LogP contribution in [0, 0.1) is 0 Å². The van der Waals surface area contributed by atoms with E-state index >= 15 is 0 Å². The highest BCUT2D eigenvalue weighted by Crippen LogP contribution is 2.08. The lowest BCUT2D eigenvalue weighted by atomic mass is 10.3. The highest BCUT2D eigenvalue weighted by Gasteiger charge is 2.09. The van der Waals surface area contributed by atoms with E-state index in [2.05, 4.69) is 54.3 Å². The minimum absolute atomic E-state index is 0.784. The molecule has 0 saturated carbocycles. The van der Waals surface area contributed by atoms with Gasteiger partial charge in [-0.3, -0.25) is 4.90 Å². The molecule has 0 aliphatic rings. The van der Waals surface area contributed by atoms with Crippen LogP contribution in [-0.2, 0) is 13.1 Å². The lowest BCUT2D eigenvalue weighted by Crippen LogP contribution is -2.26. The van der Waals surface area contributed by atoms with Crippen molar-refractivity contribution in [3.05, 3.63) is 17.5 Å². The van der Waals surface area contributed by atoms with Crippen LogP contribution < -0.4 is 5.32 Å². The van der Waals surface area contributed by atoms with E-state index in [0.717, 1.165) is 50.7 Å². The lowest BCUT2D eigenvalue weighted by Gasteiger charge is -2.19. The van der Waals surface area contributed by atoms with Crippen molar-refractivity contribution in [1.82, 2.24) is 20.3 Å². The molecule has 110 valence electrons. The topological polar surface area (TPSA) is 44.5 Å². The van der Waals surface area contributed by atoms with Crippen LogP contribution in [0.2, 0.25) is 0 Å². The maximum Gasteiger partial charge on any atom is 0.151 e. The van der Waals surface area contributed by atoms with Gasteiger partial charge in [0, 0.05) is 12.6 Å². The zero-order valence-electron chi connectivity index (χ0n) is 12.8. The van der Waals surface area contributed by atoms with Crippen LogP contribution in [0.4, 0.5) is 0 Å². The zero-order chi connectivity index (χ0) is 14.1. The van der Waals surface area contributed by atoms with E-state index in [-0.39, 0.29) is 0 Å². The minimum atomic E-state index is 0.784. The number of hydrogen-bond acceptors (Lipinski definition) is 5. The van der Waals surface area contributed by atoms with Gasteiger partial charge in [-0.05, 0) is 46.7 Å². The molecule has 0 spiro atoms. The quantitative estimate of drug-likeness (QED) is 0.697. The fraction of sp³-hybridized carbons (Fsp3) is 0.786. The number of hydrogen-bond donors (Lipinski definition) is 1. The van der Waals surface area contributed by atoms with Crippen molar-refractivity contribution in [1.29, 1.82) is 0 Å². The average Bonchev–Trinajstić information content (AvgIpc) is 2.82. The lowest BCUT2D eigenvalue weighted by molar-refractivity contribution is 0.228. The summed E-state index contributed by atoms with van der Waals surface area (Å²) in [5.74, 6) is 0.958. The molecule has 19 heavy (non-hydrogen) atoms. The molecule has 0 aliphatic carbocycles. The van der Waals surface area contributed by atoms with Gasteiger partial charge in [0.2, 0.25) is 0 Å². The Kier molecular flexibility index (Phi) is 7.70. The summed E-state index contributed by atoms with van der Waals surface area (Å²) in [4.78, 5) is 4.61. The molecule has 0 saturated heterocycles. The summed E-state index contributed by atoms with van der Waals surface area (Å²) in [5.41, 5.74) is 0.987. The summed E-state index contributed by atoms with van der Waals surface area (Å²) in [7, 11) is 4.22. The molecule has 0 bridgehead atoms. The third-order valence-corrected chi connectivity index (χ3v) is 3.07. The fourth-order valence-corrected chi connectivity index (χ4v) is 1.95. The maximum absolute atomic E-state index is 5.38. The van der Waals surface area contributed by atoms with Crippen molar-refractivity contribution in [2.75, 3.05) is 40.3 Å².